The zero-order chi connectivity index (χ0) is 15.0. The SMILES string of the molecule is COc1cccc(N/C=C/C(=O)OC(C)(C)OC=O)c1. The number of nitrogens with one attached hydrogen (secondary N) is 1. The average molecular weight is 279 g/mol. The van der Waals surface area contributed by atoms with Gasteiger partial charge in [0.05, 0.1) is 7.11 Å². The lowest BCUT2D eigenvalue weighted by Crippen LogP contribution is -2.30. The Bertz CT molecular complexity index is 496. The van der Waals surface area contributed by atoms with Crippen LogP contribution < -0.4 is 10.1 Å². The van der Waals surface area contributed by atoms with Crippen LogP contribution in [0.3, 0.4) is 0 Å². The third-order valence-electron chi connectivity index (χ3n) is 2.22. The predicted octanol–water partition coefficient (Wildman–Crippen LogP) is 2.07. The van der Waals surface area contributed by atoms with Crippen LogP contribution in [-0.2, 0) is 19.1 Å². The summed E-state index contributed by atoms with van der Waals surface area (Å²) in [5, 5.41) is 2.90. The minimum Gasteiger partial charge on any atom is -0.497 e. The molecule has 1 aromatic rings. The summed E-state index contributed by atoms with van der Waals surface area (Å²) < 4.78 is 14.6. The van der Waals surface area contributed by atoms with Gasteiger partial charge in [-0.3, -0.25) is 4.79 Å². The van der Waals surface area contributed by atoms with Crippen LogP contribution >= 0.6 is 0 Å². The molecule has 0 saturated heterocycles. The van der Waals surface area contributed by atoms with Gasteiger partial charge in [-0.15, -0.1) is 0 Å². The average Bonchev–Trinajstić information content (AvgIpc) is 2.38. The number of anilines is 1. The minimum absolute atomic E-state index is 0.228. The standard InChI is InChI=1S/C14H17NO5/c1-14(2,19-10-16)20-13(17)7-8-15-11-5-4-6-12(9-11)18-3/h4-10,15H,1-3H3/b8-7+. The van der Waals surface area contributed by atoms with Crippen LogP contribution in [0.4, 0.5) is 5.69 Å². The van der Waals surface area contributed by atoms with Gasteiger partial charge in [0.2, 0.25) is 0 Å². The fourth-order valence-electron chi connectivity index (χ4n) is 1.33. The highest BCUT2D eigenvalue weighted by atomic mass is 16.7. The van der Waals surface area contributed by atoms with E-state index in [4.69, 9.17) is 9.47 Å². The molecule has 108 valence electrons. The van der Waals surface area contributed by atoms with Gasteiger partial charge >= 0.3 is 5.97 Å². The molecule has 0 fully saturated rings. The number of benzene rings is 1. The second kappa shape index (κ2) is 7.18. The van der Waals surface area contributed by atoms with Crippen molar-refractivity contribution in [2.24, 2.45) is 0 Å². The van der Waals surface area contributed by atoms with E-state index >= 15 is 0 Å². The molecule has 0 radical (unpaired) electrons. The van der Waals surface area contributed by atoms with Crippen LogP contribution in [0.1, 0.15) is 13.8 Å². The summed E-state index contributed by atoms with van der Waals surface area (Å²) in [6.07, 6.45) is 2.61. The van der Waals surface area contributed by atoms with Gasteiger partial charge in [-0.1, -0.05) is 6.07 Å². The van der Waals surface area contributed by atoms with E-state index in [1.807, 2.05) is 18.2 Å². The van der Waals surface area contributed by atoms with Gasteiger partial charge in [0.25, 0.3) is 12.3 Å². The molecule has 20 heavy (non-hydrogen) atoms. The summed E-state index contributed by atoms with van der Waals surface area (Å²) in [7, 11) is 1.57. The van der Waals surface area contributed by atoms with Crippen molar-refractivity contribution in [3.63, 3.8) is 0 Å². The van der Waals surface area contributed by atoms with Crippen molar-refractivity contribution in [2.45, 2.75) is 19.6 Å². The number of carbonyl (C=O) groups is 2. The van der Waals surface area contributed by atoms with E-state index in [9.17, 15) is 9.59 Å². The van der Waals surface area contributed by atoms with Gasteiger partial charge < -0.3 is 19.5 Å². The summed E-state index contributed by atoms with van der Waals surface area (Å²) in [5.74, 6) is -1.22. The van der Waals surface area contributed by atoms with E-state index < -0.39 is 11.8 Å². The Morgan fingerprint density at radius 2 is 2.10 bits per heavy atom. The third kappa shape index (κ3) is 5.43. The van der Waals surface area contributed by atoms with Crippen LogP contribution in [0.5, 0.6) is 5.75 Å². The number of hydrogen-bond acceptors (Lipinski definition) is 6. The number of rotatable bonds is 7. The van der Waals surface area contributed by atoms with E-state index in [0.29, 0.717) is 5.75 Å². The maximum Gasteiger partial charge on any atom is 0.335 e. The van der Waals surface area contributed by atoms with Crippen molar-refractivity contribution in [1.29, 1.82) is 0 Å². The Morgan fingerprint density at radius 1 is 1.35 bits per heavy atom. The number of esters is 1. The molecule has 0 amide bonds. The normalized spacial score (nSPS) is 10.9. The maximum absolute atomic E-state index is 11.5. The van der Waals surface area contributed by atoms with Gasteiger partial charge in [-0.2, -0.15) is 0 Å². The molecule has 0 spiro atoms. The molecule has 1 N–H and O–H groups in total. The van der Waals surface area contributed by atoms with E-state index in [1.54, 1.807) is 13.2 Å². The molecular formula is C14H17NO5. The number of hydrogen-bond donors (Lipinski definition) is 1. The van der Waals surface area contributed by atoms with Crippen molar-refractivity contribution in [3.8, 4) is 5.75 Å². The first-order valence-electron chi connectivity index (χ1n) is 5.88. The molecule has 0 saturated carbocycles. The minimum atomic E-state index is -1.29. The first-order valence-corrected chi connectivity index (χ1v) is 5.88. The first kappa shape index (κ1) is 15.6. The van der Waals surface area contributed by atoms with E-state index in [-0.39, 0.29) is 6.47 Å². The van der Waals surface area contributed by atoms with Gasteiger partial charge in [0.1, 0.15) is 5.75 Å². The highest BCUT2D eigenvalue weighted by molar-refractivity contribution is 5.82. The van der Waals surface area contributed by atoms with Crippen LogP contribution in [0.2, 0.25) is 0 Å². The molecule has 1 rings (SSSR count). The topological polar surface area (TPSA) is 73.9 Å². The molecule has 0 aliphatic heterocycles. The predicted molar refractivity (Wildman–Crippen MR) is 73.1 cm³/mol. The Balaban J connectivity index is 2.51. The van der Waals surface area contributed by atoms with Gasteiger partial charge in [0, 0.05) is 37.9 Å². The molecule has 0 atom stereocenters. The molecule has 0 aliphatic carbocycles. The monoisotopic (exact) mass is 279 g/mol. The second-order valence-corrected chi connectivity index (χ2v) is 4.24. The summed E-state index contributed by atoms with van der Waals surface area (Å²) in [4.78, 5) is 21.7. The van der Waals surface area contributed by atoms with E-state index in [1.165, 1.54) is 26.1 Å². The van der Waals surface area contributed by atoms with Crippen LogP contribution in [0.25, 0.3) is 0 Å². The molecule has 0 aromatic heterocycles. The lowest BCUT2D eigenvalue weighted by Gasteiger charge is -2.21. The molecule has 0 unspecified atom stereocenters. The Kier molecular flexibility index (Phi) is 5.58. The first-order chi connectivity index (χ1) is 9.46. The van der Waals surface area contributed by atoms with E-state index in [2.05, 4.69) is 10.1 Å². The molecule has 1 aromatic carbocycles. The second-order valence-electron chi connectivity index (χ2n) is 4.24. The summed E-state index contributed by atoms with van der Waals surface area (Å²) >= 11 is 0. The Hall–Kier alpha value is -2.50. The number of carbonyl (C=O) groups excluding carboxylic acids is 2. The van der Waals surface area contributed by atoms with Crippen LogP contribution in [-0.4, -0.2) is 25.3 Å². The molecule has 0 aliphatic rings. The molecule has 6 heteroatoms. The van der Waals surface area contributed by atoms with Crippen molar-refractivity contribution in [2.75, 3.05) is 12.4 Å². The zero-order valence-electron chi connectivity index (χ0n) is 11.6. The van der Waals surface area contributed by atoms with Crippen molar-refractivity contribution in [3.05, 3.63) is 36.5 Å². The summed E-state index contributed by atoms with van der Waals surface area (Å²) in [6.45, 7) is 3.15. The Morgan fingerprint density at radius 3 is 2.75 bits per heavy atom. The van der Waals surface area contributed by atoms with Crippen molar-refractivity contribution >= 4 is 18.1 Å². The van der Waals surface area contributed by atoms with Crippen LogP contribution in [0, 0.1) is 0 Å². The fraction of sp³-hybridized carbons (Fsp3) is 0.286. The lowest BCUT2D eigenvalue weighted by molar-refractivity contribution is -0.203. The molecule has 6 nitrogen and oxygen atoms in total. The van der Waals surface area contributed by atoms with Crippen LogP contribution in [0.15, 0.2) is 36.5 Å². The zero-order valence-corrected chi connectivity index (χ0v) is 11.6. The van der Waals surface area contributed by atoms with Gasteiger partial charge in [-0.05, 0) is 12.1 Å². The summed E-state index contributed by atoms with van der Waals surface area (Å²) in [6, 6.07) is 7.21. The lowest BCUT2D eigenvalue weighted by atomic mass is 10.3. The van der Waals surface area contributed by atoms with Crippen molar-refractivity contribution < 1.29 is 23.8 Å². The van der Waals surface area contributed by atoms with E-state index in [0.717, 1.165) is 5.69 Å². The van der Waals surface area contributed by atoms with Gasteiger partial charge in [0.15, 0.2) is 0 Å². The quantitative estimate of drug-likeness (QED) is 0.356. The number of methoxy groups -OCH3 is 1. The Labute approximate surface area is 117 Å². The van der Waals surface area contributed by atoms with Gasteiger partial charge in [-0.25, -0.2) is 4.79 Å². The maximum atomic E-state index is 11.5. The third-order valence-corrected chi connectivity index (χ3v) is 2.22. The summed E-state index contributed by atoms with van der Waals surface area (Å²) in [5.41, 5.74) is 0.761. The highest BCUT2D eigenvalue weighted by Crippen LogP contribution is 2.16. The highest BCUT2D eigenvalue weighted by Gasteiger charge is 2.22. The molecule has 0 bridgehead atoms. The molecular weight excluding hydrogens is 262 g/mol. The smallest absolute Gasteiger partial charge is 0.335 e. The number of ether oxygens (including phenoxy) is 3. The van der Waals surface area contributed by atoms with Crippen molar-refractivity contribution in [1.82, 2.24) is 0 Å². The molecule has 0 heterocycles. The largest absolute Gasteiger partial charge is 0.497 e. The fourth-order valence-corrected chi connectivity index (χ4v) is 1.33.